The van der Waals surface area contributed by atoms with Crippen molar-refractivity contribution in [3.8, 4) is 0 Å². The highest BCUT2D eigenvalue weighted by molar-refractivity contribution is 9.10. The number of hydrogen-bond donors (Lipinski definition) is 0. The van der Waals surface area contributed by atoms with Crippen molar-refractivity contribution in [1.82, 2.24) is 0 Å². The molecule has 0 spiro atoms. The van der Waals surface area contributed by atoms with Gasteiger partial charge in [-0.1, -0.05) is 51.5 Å². The standard InChI is InChI=1S/C18H24BBrO3S/c1-12-7-8-16(20)14(9-12)10-15(11-24-13(2)21)19-22-17(3,4)18(5,6)23-19/h7-10H,11H2,1-6H3. The first-order chi connectivity index (χ1) is 11.0. The zero-order chi connectivity index (χ0) is 18.1. The summed E-state index contributed by atoms with van der Waals surface area (Å²) >= 11 is 4.87. The van der Waals surface area contributed by atoms with E-state index in [9.17, 15) is 4.79 Å². The summed E-state index contributed by atoms with van der Waals surface area (Å²) in [6.45, 7) is 11.8. The lowest BCUT2D eigenvalue weighted by Crippen LogP contribution is -2.41. The van der Waals surface area contributed by atoms with Crippen molar-refractivity contribution < 1.29 is 14.1 Å². The van der Waals surface area contributed by atoms with Crippen LogP contribution in [0.25, 0.3) is 6.08 Å². The highest BCUT2D eigenvalue weighted by Crippen LogP contribution is 2.39. The van der Waals surface area contributed by atoms with Crippen molar-refractivity contribution in [2.75, 3.05) is 5.75 Å². The molecule has 0 aromatic heterocycles. The summed E-state index contributed by atoms with van der Waals surface area (Å²) in [5.41, 5.74) is 2.39. The third kappa shape index (κ3) is 4.54. The number of carbonyl (C=O) groups is 1. The van der Waals surface area contributed by atoms with Crippen molar-refractivity contribution in [2.24, 2.45) is 0 Å². The normalized spacial score (nSPS) is 19.6. The van der Waals surface area contributed by atoms with Crippen molar-refractivity contribution in [3.05, 3.63) is 39.3 Å². The molecule has 0 N–H and O–H groups in total. The van der Waals surface area contributed by atoms with Gasteiger partial charge in [-0.15, -0.1) is 0 Å². The van der Waals surface area contributed by atoms with Gasteiger partial charge in [0, 0.05) is 17.1 Å². The van der Waals surface area contributed by atoms with Gasteiger partial charge in [-0.3, -0.25) is 4.79 Å². The van der Waals surface area contributed by atoms with Gasteiger partial charge in [0.2, 0.25) is 0 Å². The predicted octanol–water partition coefficient (Wildman–Crippen LogP) is 5.05. The molecule has 0 unspecified atom stereocenters. The van der Waals surface area contributed by atoms with Gasteiger partial charge < -0.3 is 9.31 Å². The molecule has 6 heteroatoms. The lowest BCUT2D eigenvalue weighted by Gasteiger charge is -2.32. The number of benzene rings is 1. The lowest BCUT2D eigenvalue weighted by molar-refractivity contribution is -0.109. The monoisotopic (exact) mass is 410 g/mol. The number of rotatable bonds is 4. The van der Waals surface area contributed by atoms with E-state index in [1.807, 2.05) is 33.8 Å². The van der Waals surface area contributed by atoms with Crippen LogP contribution in [0.5, 0.6) is 0 Å². The molecule has 1 fully saturated rings. The minimum atomic E-state index is -0.450. The second-order valence-corrected chi connectivity index (χ2v) is 9.12. The quantitative estimate of drug-likeness (QED) is 0.650. The average Bonchev–Trinajstić information content (AvgIpc) is 2.66. The van der Waals surface area contributed by atoms with Crippen LogP contribution in [0.15, 0.2) is 28.1 Å². The number of carbonyl (C=O) groups excluding carboxylic acids is 1. The molecule has 1 saturated heterocycles. The van der Waals surface area contributed by atoms with Crippen LogP contribution in [0.1, 0.15) is 45.7 Å². The van der Waals surface area contributed by atoms with E-state index in [0.717, 1.165) is 15.5 Å². The summed E-state index contributed by atoms with van der Waals surface area (Å²) in [7, 11) is -0.450. The second-order valence-electron chi connectivity index (χ2n) is 7.11. The Morgan fingerprint density at radius 2 is 1.83 bits per heavy atom. The Bertz CT molecular complexity index is 654. The number of halogens is 1. The third-order valence-electron chi connectivity index (χ3n) is 4.49. The molecule has 1 aromatic carbocycles. The molecule has 130 valence electrons. The predicted molar refractivity (Wildman–Crippen MR) is 106 cm³/mol. The largest absolute Gasteiger partial charge is 0.491 e. The Hall–Kier alpha value is -0.555. The highest BCUT2D eigenvalue weighted by Gasteiger charge is 2.52. The van der Waals surface area contributed by atoms with E-state index in [-0.39, 0.29) is 5.12 Å². The Balaban J connectivity index is 2.37. The van der Waals surface area contributed by atoms with Crippen LogP contribution < -0.4 is 0 Å². The lowest BCUT2D eigenvalue weighted by atomic mass is 9.78. The van der Waals surface area contributed by atoms with E-state index in [2.05, 4.69) is 41.1 Å². The first kappa shape index (κ1) is 19.8. The van der Waals surface area contributed by atoms with Crippen molar-refractivity contribution in [3.63, 3.8) is 0 Å². The van der Waals surface area contributed by atoms with Crippen LogP contribution in [0.3, 0.4) is 0 Å². The molecule has 2 rings (SSSR count). The summed E-state index contributed by atoms with van der Waals surface area (Å²) in [4.78, 5) is 11.4. The van der Waals surface area contributed by atoms with Gasteiger partial charge >= 0.3 is 7.12 Å². The fourth-order valence-electron chi connectivity index (χ4n) is 2.33. The molecule has 0 aliphatic carbocycles. The minimum absolute atomic E-state index is 0.0840. The first-order valence-corrected chi connectivity index (χ1v) is 9.75. The molecule has 3 nitrogen and oxygen atoms in total. The fraction of sp³-hybridized carbons (Fsp3) is 0.500. The number of aryl methyl sites for hydroxylation is 1. The molecule has 1 heterocycles. The van der Waals surface area contributed by atoms with E-state index >= 15 is 0 Å². The number of thioether (sulfide) groups is 1. The Morgan fingerprint density at radius 1 is 1.25 bits per heavy atom. The molecule has 1 aliphatic rings. The Kier molecular flexibility index (Phi) is 6.06. The van der Waals surface area contributed by atoms with Gasteiger partial charge in [-0.05, 0) is 51.7 Å². The average molecular weight is 411 g/mol. The zero-order valence-corrected chi connectivity index (χ0v) is 17.5. The van der Waals surface area contributed by atoms with Gasteiger partial charge in [0.25, 0.3) is 0 Å². The van der Waals surface area contributed by atoms with E-state index in [1.165, 1.54) is 17.3 Å². The molecule has 24 heavy (non-hydrogen) atoms. The molecule has 1 aliphatic heterocycles. The maximum Gasteiger partial charge on any atom is 0.491 e. The zero-order valence-electron chi connectivity index (χ0n) is 15.1. The molecule has 0 bridgehead atoms. The third-order valence-corrected chi connectivity index (χ3v) is 6.10. The Labute approximate surface area is 157 Å². The summed E-state index contributed by atoms with van der Waals surface area (Å²) in [6.07, 6.45) is 2.06. The van der Waals surface area contributed by atoms with E-state index in [4.69, 9.17) is 9.31 Å². The van der Waals surface area contributed by atoms with Crippen molar-refractivity contribution in [1.29, 1.82) is 0 Å². The Morgan fingerprint density at radius 3 is 2.38 bits per heavy atom. The first-order valence-electron chi connectivity index (χ1n) is 7.97. The SMILES string of the molecule is CC(=O)SCC(=Cc1cc(C)ccc1Br)B1OC(C)(C)C(C)(C)O1. The maximum atomic E-state index is 11.4. The van der Waals surface area contributed by atoms with Crippen LogP contribution in [0.4, 0.5) is 0 Å². The molecule has 1 aromatic rings. The van der Waals surface area contributed by atoms with Gasteiger partial charge in [0.1, 0.15) is 0 Å². The van der Waals surface area contributed by atoms with Gasteiger partial charge in [-0.2, -0.15) is 0 Å². The summed E-state index contributed by atoms with van der Waals surface area (Å²) in [6, 6.07) is 6.19. The van der Waals surface area contributed by atoms with Crippen molar-refractivity contribution in [2.45, 2.75) is 52.7 Å². The molecule has 0 amide bonds. The van der Waals surface area contributed by atoms with Crippen LogP contribution in [0, 0.1) is 6.92 Å². The topological polar surface area (TPSA) is 35.5 Å². The molecular weight excluding hydrogens is 387 g/mol. The van der Waals surface area contributed by atoms with Crippen LogP contribution in [-0.4, -0.2) is 29.2 Å². The van der Waals surface area contributed by atoms with Crippen LogP contribution in [0.2, 0.25) is 0 Å². The summed E-state index contributed by atoms with van der Waals surface area (Å²) < 4.78 is 13.3. The fourth-order valence-corrected chi connectivity index (χ4v) is 3.28. The van der Waals surface area contributed by atoms with Crippen molar-refractivity contribution >= 4 is 46.0 Å². The van der Waals surface area contributed by atoms with E-state index in [0.29, 0.717) is 5.75 Å². The smallest absolute Gasteiger partial charge is 0.400 e. The minimum Gasteiger partial charge on any atom is -0.400 e. The molecule has 0 saturated carbocycles. The molecule has 0 radical (unpaired) electrons. The molecule has 0 atom stereocenters. The second kappa shape index (κ2) is 7.36. The summed E-state index contributed by atoms with van der Waals surface area (Å²) in [5.74, 6) is 0.548. The van der Waals surface area contributed by atoms with E-state index < -0.39 is 18.3 Å². The van der Waals surface area contributed by atoms with Crippen LogP contribution >= 0.6 is 27.7 Å². The maximum absolute atomic E-state index is 11.4. The highest BCUT2D eigenvalue weighted by atomic mass is 79.9. The summed E-state index contributed by atoms with van der Waals surface area (Å²) in [5, 5.41) is 0.0840. The van der Waals surface area contributed by atoms with Gasteiger partial charge in [-0.25, -0.2) is 0 Å². The van der Waals surface area contributed by atoms with Crippen LogP contribution in [-0.2, 0) is 14.1 Å². The number of hydrogen-bond acceptors (Lipinski definition) is 4. The molecular formula is C18H24BBrO3S. The van der Waals surface area contributed by atoms with Gasteiger partial charge in [0.15, 0.2) is 5.12 Å². The van der Waals surface area contributed by atoms with E-state index in [1.54, 1.807) is 6.92 Å². The van der Waals surface area contributed by atoms with Gasteiger partial charge in [0.05, 0.1) is 11.2 Å².